The Morgan fingerprint density at radius 2 is 2.04 bits per heavy atom. The molecule has 2 saturated heterocycles. The number of urea groups is 1. The number of carbonyl (C=O) groups excluding carboxylic acids is 2. The zero-order valence-electron chi connectivity index (χ0n) is 16.7. The van der Waals surface area contributed by atoms with Crippen molar-refractivity contribution < 1.29 is 18.9 Å². The highest BCUT2D eigenvalue weighted by Gasteiger charge is 2.54. The number of carbonyl (C=O) groups is 2. The summed E-state index contributed by atoms with van der Waals surface area (Å²) in [6.07, 6.45) is 2.29. The molecule has 3 aliphatic heterocycles. The number of ether oxygens (including phenoxy) is 1. The molecule has 0 bridgehead atoms. The number of imidazole rings is 1. The van der Waals surface area contributed by atoms with Gasteiger partial charge in [0.15, 0.2) is 0 Å². The van der Waals surface area contributed by atoms with Crippen molar-refractivity contribution in [3.63, 3.8) is 0 Å². The van der Waals surface area contributed by atoms with Crippen LogP contribution in [0.25, 0.3) is 0 Å². The van der Waals surface area contributed by atoms with Crippen molar-refractivity contribution >= 4 is 23.7 Å². The average Bonchev–Trinajstić information content (AvgIpc) is 3.31. The van der Waals surface area contributed by atoms with E-state index in [9.17, 15) is 9.59 Å². The second-order valence-corrected chi connectivity index (χ2v) is 8.14. The van der Waals surface area contributed by atoms with Crippen LogP contribution in [0, 0.1) is 19.8 Å². The first-order chi connectivity index (χ1) is 12.8. The number of imide groups is 1. The highest BCUT2D eigenvalue weighted by atomic mass is 16.5. The number of hydrogen-bond acceptors (Lipinski definition) is 4. The van der Waals surface area contributed by atoms with Crippen molar-refractivity contribution in [1.29, 1.82) is 0 Å². The molecular formula is C19H28N5O3+. The lowest BCUT2D eigenvalue weighted by molar-refractivity contribution is -0.695. The standard InChI is InChI=1S/C19H28N5O3/c1-11(2)9-23-17(25)15-16(21(5)19(23)26)20-18-22(10-14-7-6-8-27-14)12(3)13(4)24(15)18/h11,14-15H,6-10H2,1-5H3/q+1. The van der Waals surface area contributed by atoms with Crippen molar-refractivity contribution in [2.24, 2.45) is 10.9 Å². The molecule has 3 aliphatic rings. The number of hydrogen-bond donors (Lipinski definition) is 0. The maximum Gasteiger partial charge on any atom is 0.402 e. The summed E-state index contributed by atoms with van der Waals surface area (Å²) >= 11 is 0. The first kappa shape index (κ1) is 18.2. The summed E-state index contributed by atoms with van der Waals surface area (Å²) in [6, 6.07) is -0.861. The maximum atomic E-state index is 13.2. The minimum absolute atomic E-state index is 0.176. The Kier molecular flexibility index (Phi) is 4.33. The van der Waals surface area contributed by atoms with Crippen LogP contribution in [-0.4, -0.2) is 58.4 Å². The van der Waals surface area contributed by atoms with Crippen molar-refractivity contribution in [1.82, 2.24) is 14.4 Å². The summed E-state index contributed by atoms with van der Waals surface area (Å²) in [4.78, 5) is 33.6. The van der Waals surface area contributed by atoms with E-state index < -0.39 is 6.04 Å². The summed E-state index contributed by atoms with van der Waals surface area (Å²) in [5.41, 5.74) is 2.10. The van der Waals surface area contributed by atoms with Gasteiger partial charge < -0.3 is 4.74 Å². The van der Waals surface area contributed by atoms with E-state index in [0.717, 1.165) is 43.3 Å². The molecule has 0 saturated carbocycles. The monoisotopic (exact) mass is 374 g/mol. The molecular weight excluding hydrogens is 346 g/mol. The largest absolute Gasteiger partial charge is 0.402 e. The van der Waals surface area contributed by atoms with Gasteiger partial charge in [-0.25, -0.2) is 13.9 Å². The number of amides is 3. The number of nitrogens with zero attached hydrogens (tertiary/aromatic N) is 5. The van der Waals surface area contributed by atoms with Crippen LogP contribution < -0.4 is 4.57 Å². The number of fused-ring (bicyclic) bond motifs is 3. The first-order valence-electron chi connectivity index (χ1n) is 9.71. The third kappa shape index (κ3) is 2.69. The van der Waals surface area contributed by atoms with Crippen molar-refractivity contribution in [3.05, 3.63) is 11.4 Å². The zero-order chi connectivity index (χ0) is 19.5. The van der Waals surface area contributed by atoms with Crippen LogP contribution in [0.2, 0.25) is 0 Å². The number of aliphatic imine (C=N–C) groups is 1. The molecule has 0 radical (unpaired) electrons. The lowest BCUT2D eigenvalue weighted by atomic mass is 10.1. The van der Waals surface area contributed by atoms with E-state index in [1.54, 1.807) is 7.05 Å². The minimum Gasteiger partial charge on any atom is -0.375 e. The molecule has 8 nitrogen and oxygen atoms in total. The van der Waals surface area contributed by atoms with Crippen LogP contribution in [-0.2, 0) is 16.1 Å². The van der Waals surface area contributed by atoms with Gasteiger partial charge in [-0.3, -0.25) is 14.6 Å². The van der Waals surface area contributed by atoms with E-state index in [2.05, 4.69) is 11.5 Å². The molecule has 0 aromatic carbocycles. The summed E-state index contributed by atoms with van der Waals surface area (Å²) in [5.74, 6) is 1.28. The van der Waals surface area contributed by atoms with E-state index in [4.69, 9.17) is 9.73 Å². The van der Waals surface area contributed by atoms with Gasteiger partial charge in [0.1, 0.15) is 11.4 Å². The molecule has 27 heavy (non-hydrogen) atoms. The van der Waals surface area contributed by atoms with Gasteiger partial charge in [-0.2, -0.15) is 0 Å². The molecule has 8 heteroatoms. The van der Waals surface area contributed by atoms with Gasteiger partial charge in [0, 0.05) is 20.2 Å². The molecule has 1 aromatic rings. The van der Waals surface area contributed by atoms with Crippen LogP contribution in [0.4, 0.5) is 10.7 Å². The molecule has 1 aromatic heterocycles. The number of likely N-dealkylation sites (N-methyl/N-ethyl adjacent to an activating group) is 1. The average molecular weight is 374 g/mol. The Morgan fingerprint density at radius 1 is 1.30 bits per heavy atom. The summed E-state index contributed by atoms with van der Waals surface area (Å²) < 4.78 is 9.92. The van der Waals surface area contributed by atoms with Crippen molar-refractivity contribution in [2.45, 2.75) is 59.2 Å². The first-order valence-corrected chi connectivity index (χ1v) is 9.71. The smallest absolute Gasteiger partial charge is 0.375 e. The van der Waals surface area contributed by atoms with Gasteiger partial charge in [0.25, 0.3) is 5.91 Å². The van der Waals surface area contributed by atoms with E-state index >= 15 is 0 Å². The van der Waals surface area contributed by atoms with Crippen molar-refractivity contribution in [3.8, 4) is 0 Å². The summed E-state index contributed by atoms with van der Waals surface area (Å²) in [6.45, 7) is 10.0. The van der Waals surface area contributed by atoms with Gasteiger partial charge >= 0.3 is 12.0 Å². The Morgan fingerprint density at radius 3 is 2.67 bits per heavy atom. The SMILES string of the molecule is Cc1c(C)[n+](CC2CCCO2)c2n1C1C(=O)N(CC(C)C)C(=O)N(C)C1=N2. The molecule has 4 heterocycles. The summed E-state index contributed by atoms with van der Waals surface area (Å²) in [7, 11) is 1.70. The van der Waals surface area contributed by atoms with E-state index in [1.807, 2.05) is 25.3 Å². The molecule has 0 N–H and O–H groups in total. The lowest BCUT2D eigenvalue weighted by Crippen LogP contribution is -2.58. The molecule has 4 rings (SSSR count). The number of amidine groups is 1. The third-order valence-corrected chi connectivity index (χ3v) is 5.78. The van der Waals surface area contributed by atoms with Crippen LogP contribution in [0.5, 0.6) is 0 Å². The van der Waals surface area contributed by atoms with Gasteiger partial charge in [-0.05, 0) is 32.6 Å². The van der Waals surface area contributed by atoms with Crippen LogP contribution in [0.15, 0.2) is 4.99 Å². The second-order valence-electron chi connectivity index (χ2n) is 8.14. The molecule has 0 spiro atoms. The Labute approximate surface area is 159 Å². The molecule has 2 unspecified atom stereocenters. The van der Waals surface area contributed by atoms with Gasteiger partial charge in [0.05, 0.1) is 12.6 Å². The fourth-order valence-corrected chi connectivity index (χ4v) is 4.25. The Hall–Kier alpha value is -2.22. The molecule has 3 amide bonds. The predicted molar refractivity (Wildman–Crippen MR) is 98.9 cm³/mol. The highest BCUT2D eigenvalue weighted by molar-refractivity contribution is 6.20. The van der Waals surface area contributed by atoms with Crippen LogP contribution in [0.3, 0.4) is 0 Å². The third-order valence-electron chi connectivity index (χ3n) is 5.78. The minimum atomic E-state index is -0.564. The number of aromatic nitrogens is 2. The topological polar surface area (TPSA) is 71.0 Å². The van der Waals surface area contributed by atoms with Crippen LogP contribution in [0.1, 0.15) is 44.1 Å². The molecule has 2 fully saturated rings. The lowest BCUT2D eigenvalue weighted by Gasteiger charge is -2.34. The second kappa shape index (κ2) is 6.44. The molecule has 146 valence electrons. The highest BCUT2D eigenvalue weighted by Crippen LogP contribution is 2.35. The maximum absolute atomic E-state index is 13.2. The van der Waals surface area contributed by atoms with Crippen LogP contribution >= 0.6 is 0 Å². The van der Waals surface area contributed by atoms with E-state index in [1.165, 1.54) is 9.80 Å². The molecule has 2 atom stereocenters. The van der Waals surface area contributed by atoms with Crippen molar-refractivity contribution in [2.75, 3.05) is 20.2 Å². The molecule has 0 aliphatic carbocycles. The zero-order valence-corrected chi connectivity index (χ0v) is 16.7. The Balaban J connectivity index is 1.76. The normalized spacial score (nSPS) is 24.7. The van der Waals surface area contributed by atoms with Gasteiger partial charge in [-0.15, -0.1) is 0 Å². The quantitative estimate of drug-likeness (QED) is 0.753. The van der Waals surface area contributed by atoms with Gasteiger partial charge in [-0.1, -0.05) is 18.8 Å². The fraction of sp³-hybridized carbons (Fsp3) is 0.684. The Bertz CT molecular complexity index is 835. The number of rotatable bonds is 4. The van der Waals surface area contributed by atoms with Gasteiger partial charge in [0.2, 0.25) is 11.9 Å². The fourth-order valence-electron chi connectivity index (χ4n) is 4.25. The predicted octanol–water partition coefficient (Wildman–Crippen LogP) is 1.71. The van der Waals surface area contributed by atoms with E-state index in [-0.39, 0.29) is 24.0 Å². The van der Waals surface area contributed by atoms with E-state index in [0.29, 0.717) is 12.4 Å². The summed E-state index contributed by atoms with van der Waals surface area (Å²) in [5, 5.41) is 0.